The molecule has 1 aliphatic rings. The Labute approximate surface area is 128 Å². The lowest BCUT2D eigenvalue weighted by Gasteiger charge is -2.26. The number of hydrogen-bond donors (Lipinski definition) is 2. The minimum atomic E-state index is -0.657. The molecule has 1 aromatic rings. The predicted molar refractivity (Wildman–Crippen MR) is 78.8 cm³/mol. The summed E-state index contributed by atoms with van der Waals surface area (Å²) < 4.78 is 10.8. The van der Waals surface area contributed by atoms with Gasteiger partial charge in [0.15, 0.2) is 0 Å². The number of phenols is 1. The van der Waals surface area contributed by atoms with Gasteiger partial charge in [0.05, 0.1) is 18.7 Å². The maximum Gasteiger partial charge on any atom is 0.410 e. The van der Waals surface area contributed by atoms with E-state index in [4.69, 9.17) is 15.2 Å². The van der Waals surface area contributed by atoms with Crippen LogP contribution in [-0.4, -0.2) is 40.8 Å². The number of ether oxygens (including phenoxy) is 2. The van der Waals surface area contributed by atoms with Gasteiger partial charge in [0, 0.05) is 5.56 Å². The third-order valence-electron chi connectivity index (χ3n) is 3.09. The van der Waals surface area contributed by atoms with Crippen LogP contribution in [0, 0.1) is 0 Å². The average molecular weight is 308 g/mol. The zero-order valence-corrected chi connectivity index (χ0v) is 12.9. The van der Waals surface area contributed by atoms with Crippen molar-refractivity contribution in [2.75, 3.05) is 13.2 Å². The van der Waals surface area contributed by atoms with Crippen LogP contribution in [0.25, 0.3) is 0 Å². The molecule has 1 aliphatic heterocycles. The molecule has 0 bridgehead atoms. The quantitative estimate of drug-likeness (QED) is 0.820. The normalized spacial score (nSPS) is 14.6. The molecule has 0 saturated heterocycles. The summed E-state index contributed by atoms with van der Waals surface area (Å²) in [6.07, 6.45) is -0.484. The van der Waals surface area contributed by atoms with E-state index in [1.54, 1.807) is 20.8 Å². The van der Waals surface area contributed by atoms with Gasteiger partial charge in [-0.1, -0.05) is 0 Å². The fraction of sp³-hybridized carbons (Fsp3) is 0.467. The van der Waals surface area contributed by atoms with E-state index in [0.29, 0.717) is 17.9 Å². The Morgan fingerprint density at radius 3 is 2.64 bits per heavy atom. The summed E-state index contributed by atoms with van der Waals surface area (Å²) in [7, 11) is 0. The van der Waals surface area contributed by atoms with Crippen LogP contribution in [0.3, 0.4) is 0 Å². The largest absolute Gasteiger partial charge is 0.507 e. The molecule has 7 heteroatoms. The van der Waals surface area contributed by atoms with E-state index in [9.17, 15) is 14.7 Å². The van der Waals surface area contributed by atoms with Crippen LogP contribution in [0.1, 0.15) is 36.7 Å². The van der Waals surface area contributed by atoms with E-state index >= 15 is 0 Å². The Balaban J connectivity index is 2.27. The summed E-state index contributed by atoms with van der Waals surface area (Å²) in [5.74, 6) is -0.448. The number of aromatic hydroxyl groups is 1. The number of nitrogens with two attached hydrogens (primary N) is 1. The average Bonchev–Trinajstić information content (AvgIpc) is 2.59. The minimum absolute atomic E-state index is 0.134. The predicted octanol–water partition coefficient (Wildman–Crippen LogP) is 1.62. The SMILES string of the molecule is CC(C)(C)OC(=O)N1CCOc2cc(C(N)=O)cc(O)c2C1. The highest BCUT2D eigenvalue weighted by Crippen LogP contribution is 2.33. The molecular weight excluding hydrogens is 288 g/mol. The van der Waals surface area contributed by atoms with Gasteiger partial charge in [-0.2, -0.15) is 0 Å². The molecule has 22 heavy (non-hydrogen) atoms. The van der Waals surface area contributed by atoms with Gasteiger partial charge in [0.25, 0.3) is 0 Å². The Morgan fingerprint density at radius 1 is 1.36 bits per heavy atom. The highest BCUT2D eigenvalue weighted by molar-refractivity contribution is 5.94. The third-order valence-corrected chi connectivity index (χ3v) is 3.09. The molecule has 0 aromatic heterocycles. The van der Waals surface area contributed by atoms with Gasteiger partial charge in [-0.25, -0.2) is 4.79 Å². The van der Waals surface area contributed by atoms with E-state index in [-0.39, 0.29) is 24.5 Å². The van der Waals surface area contributed by atoms with E-state index in [1.165, 1.54) is 17.0 Å². The molecule has 7 nitrogen and oxygen atoms in total. The number of hydrogen-bond acceptors (Lipinski definition) is 5. The molecule has 0 saturated carbocycles. The van der Waals surface area contributed by atoms with Crippen LogP contribution in [0.4, 0.5) is 4.79 Å². The van der Waals surface area contributed by atoms with E-state index in [0.717, 1.165) is 0 Å². The Morgan fingerprint density at radius 2 is 2.05 bits per heavy atom. The second-order valence-corrected chi connectivity index (χ2v) is 6.09. The highest BCUT2D eigenvalue weighted by atomic mass is 16.6. The van der Waals surface area contributed by atoms with Crippen molar-refractivity contribution in [2.24, 2.45) is 5.73 Å². The van der Waals surface area contributed by atoms with Crippen LogP contribution in [-0.2, 0) is 11.3 Å². The topological polar surface area (TPSA) is 102 Å². The number of rotatable bonds is 1. The fourth-order valence-electron chi connectivity index (χ4n) is 2.08. The van der Waals surface area contributed by atoms with Crippen molar-refractivity contribution in [3.8, 4) is 11.5 Å². The number of amides is 2. The van der Waals surface area contributed by atoms with Crippen molar-refractivity contribution in [2.45, 2.75) is 32.9 Å². The molecule has 120 valence electrons. The van der Waals surface area contributed by atoms with Crippen LogP contribution >= 0.6 is 0 Å². The first-order valence-corrected chi connectivity index (χ1v) is 6.94. The van der Waals surface area contributed by atoms with Gasteiger partial charge in [-0.05, 0) is 32.9 Å². The number of carbonyl (C=O) groups excluding carboxylic acids is 2. The van der Waals surface area contributed by atoms with Crippen LogP contribution in [0.15, 0.2) is 12.1 Å². The molecule has 0 fully saturated rings. The summed E-state index contributed by atoms with van der Waals surface area (Å²) >= 11 is 0. The number of nitrogens with zero attached hydrogens (tertiary/aromatic N) is 1. The first kappa shape index (κ1) is 15.9. The maximum absolute atomic E-state index is 12.2. The highest BCUT2D eigenvalue weighted by Gasteiger charge is 2.27. The number of fused-ring (bicyclic) bond motifs is 1. The maximum atomic E-state index is 12.2. The number of primary amides is 1. The van der Waals surface area contributed by atoms with Gasteiger partial charge in [-0.15, -0.1) is 0 Å². The molecule has 0 spiro atoms. The van der Waals surface area contributed by atoms with Gasteiger partial charge in [0.2, 0.25) is 5.91 Å². The Bertz CT molecular complexity index is 607. The van der Waals surface area contributed by atoms with Crippen molar-refractivity contribution >= 4 is 12.0 Å². The standard InChI is InChI=1S/C15H20N2O5/c1-15(2,3)22-14(20)17-4-5-21-12-7-9(13(16)19)6-11(18)10(12)8-17/h6-7,18H,4-5,8H2,1-3H3,(H2,16,19). The van der Waals surface area contributed by atoms with Crippen LogP contribution in [0.2, 0.25) is 0 Å². The molecule has 1 aromatic carbocycles. The second kappa shape index (κ2) is 5.75. The van der Waals surface area contributed by atoms with Crippen molar-refractivity contribution in [3.05, 3.63) is 23.3 Å². The Hall–Kier alpha value is -2.44. The fourth-order valence-corrected chi connectivity index (χ4v) is 2.08. The molecule has 1 heterocycles. The molecule has 2 rings (SSSR count). The van der Waals surface area contributed by atoms with E-state index in [2.05, 4.69) is 0 Å². The first-order valence-electron chi connectivity index (χ1n) is 6.94. The summed E-state index contributed by atoms with van der Waals surface area (Å²) in [4.78, 5) is 24.8. The van der Waals surface area contributed by atoms with Crippen molar-refractivity contribution in [3.63, 3.8) is 0 Å². The van der Waals surface area contributed by atoms with Gasteiger partial charge >= 0.3 is 6.09 Å². The summed E-state index contributed by atoms with van der Waals surface area (Å²) in [5.41, 5.74) is 5.18. The summed E-state index contributed by atoms with van der Waals surface area (Å²) in [5, 5.41) is 10.1. The van der Waals surface area contributed by atoms with Crippen molar-refractivity contribution in [1.29, 1.82) is 0 Å². The van der Waals surface area contributed by atoms with E-state index < -0.39 is 17.6 Å². The summed E-state index contributed by atoms with van der Waals surface area (Å²) in [6.45, 7) is 6.02. The van der Waals surface area contributed by atoms with Gasteiger partial charge in [-0.3, -0.25) is 4.79 Å². The lowest BCUT2D eigenvalue weighted by Crippen LogP contribution is -2.37. The molecule has 0 aliphatic carbocycles. The van der Waals surface area contributed by atoms with E-state index in [1.807, 2.05) is 0 Å². The van der Waals surface area contributed by atoms with Crippen molar-refractivity contribution < 1.29 is 24.2 Å². The molecule has 3 N–H and O–H groups in total. The molecule has 0 unspecified atom stereocenters. The smallest absolute Gasteiger partial charge is 0.410 e. The lowest BCUT2D eigenvalue weighted by molar-refractivity contribution is 0.0225. The number of carbonyl (C=O) groups is 2. The molecule has 0 radical (unpaired) electrons. The second-order valence-electron chi connectivity index (χ2n) is 6.09. The van der Waals surface area contributed by atoms with Crippen LogP contribution in [0.5, 0.6) is 11.5 Å². The third kappa shape index (κ3) is 3.60. The molecular formula is C15H20N2O5. The van der Waals surface area contributed by atoms with Gasteiger partial charge < -0.3 is 25.2 Å². The van der Waals surface area contributed by atoms with Gasteiger partial charge in [0.1, 0.15) is 23.7 Å². The monoisotopic (exact) mass is 308 g/mol. The minimum Gasteiger partial charge on any atom is -0.507 e. The van der Waals surface area contributed by atoms with Crippen molar-refractivity contribution in [1.82, 2.24) is 4.90 Å². The Kier molecular flexibility index (Phi) is 4.16. The molecule has 0 atom stereocenters. The zero-order chi connectivity index (χ0) is 16.5. The first-order chi connectivity index (χ1) is 10.2. The molecule has 2 amide bonds. The van der Waals surface area contributed by atoms with Crippen LogP contribution < -0.4 is 10.5 Å². The zero-order valence-electron chi connectivity index (χ0n) is 12.9. The number of phenolic OH excluding ortho intramolecular Hbond substituents is 1. The summed E-state index contributed by atoms with van der Waals surface area (Å²) in [6, 6.07) is 2.74. The lowest BCUT2D eigenvalue weighted by atomic mass is 10.1. The number of benzene rings is 1.